The molecule has 1 aliphatic rings. The molecule has 1 aromatic heterocycles. The smallest absolute Gasteiger partial charge is 0.318 e. The third-order valence-electron chi connectivity index (χ3n) is 5.75. The van der Waals surface area contributed by atoms with Crippen LogP contribution in [0.25, 0.3) is 0 Å². The molecule has 2 aromatic rings. The highest BCUT2D eigenvalue weighted by atomic mass is 16.3. The van der Waals surface area contributed by atoms with Crippen molar-refractivity contribution in [2.24, 2.45) is 0 Å². The number of hydrogen-bond donors (Lipinski definition) is 3. The van der Waals surface area contributed by atoms with Gasteiger partial charge in [0, 0.05) is 37.1 Å². The maximum atomic E-state index is 12.9. The Morgan fingerprint density at radius 3 is 2.59 bits per heavy atom. The van der Waals surface area contributed by atoms with E-state index in [4.69, 9.17) is 0 Å². The third-order valence-corrected chi connectivity index (χ3v) is 5.75. The normalized spacial score (nSPS) is 22.7. The number of amides is 2. The second kappa shape index (κ2) is 9.85. The van der Waals surface area contributed by atoms with Crippen LogP contribution in [-0.2, 0) is 12.1 Å². The van der Waals surface area contributed by atoms with Crippen molar-refractivity contribution < 1.29 is 15.0 Å². The Morgan fingerprint density at radius 1 is 1.24 bits per heavy atom. The van der Waals surface area contributed by atoms with E-state index < -0.39 is 11.7 Å². The number of pyridine rings is 1. The average molecular weight is 398 g/mol. The summed E-state index contributed by atoms with van der Waals surface area (Å²) in [6.45, 7) is 2.66. The van der Waals surface area contributed by atoms with Gasteiger partial charge in [0.2, 0.25) is 0 Å². The molecule has 0 aliphatic heterocycles. The summed E-state index contributed by atoms with van der Waals surface area (Å²) < 4.78 is 0. The Hall–Kier alpha value is -2.44. The summed E-state index contributed by atoms with van der Waals surface area (Å²) in [6.07, 6.45) is 6.03. The summed E-state index contributed by atoms with van der Waals surface area (Å²) in [7, 11) is 0. The molecule has 0 saturated heterocycles. The Morgan fingerprint density at radius 2 is 1.97 bits per heavy atom. The molecule has 0 radical (unpaired) electrons. The van der Waals surface area contributed by atoms with E-state index in [0.29, 0.717) is 45.2 Å². The summed E-state index contributed by atoms with van der Waals surface area (Å²) >= 11 is 0. The number of benzene rings is 1. The molecule has 1 atom stereocenters. The number of urea groups is 1. The number of nitrogens with zero attached hydrogens (tertiary/aromatic N) is 2. The summed E-state index contributed by atoms with van der Waals surface area (Å²) in [6, 6.07) is 13.4. The summed E-state index contributed by atoms with van der Waals surface area (Å²) in [5.41, 5.74) is 0.986. The zero-order valence-corrected chi connectivity index (χ0v) is 17.0. The first kappa shape index (κ1) is 21.3. The molecule has 1 heterocycles. The van der Waals surface area contributed by atoms with Gasteiger partial charge < -0.3 is 20.4 Å². The van der Waals surface area contributed by atoms with Gasteiger partial charge in [0.05, 0.1) is 11.7 Å². The predicted octanol–water partition coefficient (Wildman–Crippen LogP) is 3.19. The van der Waals surface area contributed by atoms with Crippen LogP contribution in [0.1, 0.15) is 50.2 Å². The van der Waals surface area contributed by atoms with E-state index in [0.717, 1.165) is 11.1 Å². The average Bonchev–Trinajstić information content (AvgIpc) is 2.76. The molecule has 6 heteroatoms. The number of carbonyl (C=O) groups is 1. The molecule has 1 unspecified atom stereocenters. The van der Waals surface area contributed by atoms with E-state index >= 15 is 0 Å². The molecule has 0 spiro atoms. The van der Waals surface area contributed by atoms with E-state index in [1.807, 2.05) is 49.4 Å². The summed E-state index contributed by atoms with van der Waals surface area (Å²) in [5.74, 6) is 0. The van der Waals surface area contributed by atoms with Crippen molar-refractivity contribution in [1.29, 1.82) is 0 Å². The molecule has 0 bridgehead atoms. The Bertz CT molecular complexity index is 761. The van der Waals surface area contributed by atoms with Crippen molar-refractivity contribution in [3.05, 3.63) is 66.0 Å². The van der Waals surface area contributed by atoms with Crippen molar-refractivity contribution >= 4 is 6.03 Å². The van der Waals surface area contributed by atoms with Gasteiger partial charge >= 0.3 is 6.03 Å². The van der Waals surface area contributed by atoms with Crippen LogP contribution < -0.4 is 5.32 Å². The molecule has 1 aliphatic carbocycles. The van der Waals surface area contributed by atoms with Gasteiger partial charge in [0.25, 0.3) is 0 Å². The molecule has 1 aromatic carbocycles. The number of nitrogens with one attached hydrogen (secondary N) is 1. The summed E-state index contributed by atoms with van der Waals surface area (Å²) in [5, 5.41) is 24.2. The maximum Gasteiger partial charge on any atom is 0.318 e. The van der Waals surface area contributed by atoms with Crippen LogP contribution in [0, 0.1) is 0 Å². The monoisotopic (exact) mass is 397 g/mol. The molecular weight excluding hydrogens is 366 g/mol. The number of aliphatic hydroxyl groups excluding tert-OH is 1. The molecule has 29 heavy (non-hydrogen) atoms. The number of aliphatic hydroxyl groups is 2. The van der Waals surface area contributed by atoms with Crippen molar-refractivity contribution in [2.45, 2.75) is 63.3 Å². The number of aromatic nitrogens is 1. The SMILES string of the molecule is CCC(O)CN(Cc1ccccc1)C(=O)NC1CCC(O)(c2cccnc2)CC1. The zero-order valence-electron chi connectivity index (χ0n) is 17.0. The first-order valence-corrected chi connectivity index (χ1v) is 10.4. The second-order valence-electron chi connectivity index (χ2n) is 7.93. The van der Waals surface area contributed by atoms with E-state index in [-0.39, 0.29) is 12.1 Å². The van der Waals surface area contributed by atoms with E-state index in [1.165, 1.54) is 0 Å². The highest BCUT2D eigenvalue weighted by molar-refractivity contribution is 5.74. The highest BCUT2D eigenvalue weighted by Crippen LogP contribution is 2.36. The Kier molecular flexibility index (Phi) is 7.23. The van der Waals surface area contributed by atoms with Crippen LogP contribution in [-0.4, -0.2) is 44.8 Å². The van der Waals surface area contributed by atoms with Crippen molar-refractivity contribution in [3.63, 3.8) is 0 Å². The van der Waals surface area contributed by atoms with Crippen molar-refractivity contribution in [3.8, 4) is 0 Å². The van der Waals surface area contributed by atoms with Gasteiger partial charge in [-0.1, -0.05) is 43.3 Å². The van der Waals surface area contributed by atoms with Crippen LogP contribution in [0.5, 0.6) is 0 Å². The molecule has 1 fully saturated rings. The van der Waals surface area contributed by atoms with Crippen molar-refractivity contribution in [2.75, 3.05) is 6.54 Å². The van der Waals surface area contributed by atoms with Crippen LogP contribution >= 0.6 is 0 Å². The molecular formula is C23H31N3O3. The van der Waals surface area contributed by atoms with Crippen LogP contribution in [0.3, 0.4) is 0 Å². The van der Waals surface area contributed by atoms with Gasteiger partial charge in [-0.25, -0.2) is 4.79 Å². The number of hydrogen-bond acceptors (Lipinski definition) is 4. The molecule has 156 valence electrons. The highest BCUT2D eigenvalue weighted by Gasteiger charge is 2.35. The molecule has 6 nitrogen and oxygen atoms in total. The summed E-state index contributed by atoms with van der Waals surface area (Å²) in [4.78, 5) is 18.7. The molecule has 1 saturated carbocycles. The maximum absolute atomic E-state index is 12.9. The topological polar surface area (TPSA) is 85.7 Å². The Balaban J connectivity index is 1.59. The number of rotatable bonds is 7. The van der Waals surface area contributed by atoms with Gasteiger partial charge in [-0.3, -0.25) is 4.98 Å². The molecule has 2 amide bonds. The van der Waals surface area contributed by atoms with Gasteiger partial charge in [0.15, 0.2) is 0 Å². The minimum Gasteiger partial charge on any atom is -0.391 e. The first-order chi connectivity index (χ1) is 14.0. The van der Waals surface area contributed by atoms with Gasteiger partial charge in [-0.2, -0.15) is 0 Å². The van der Waals surface area contributed by atoms with E-state index in [9.17, 15) is 15.0 Å². The standard InChI is InChI=1S/C23H31N3O3/c1-2-21(27)17-26(16-18-7-4-3-5-8-18)22(28)25-20-10-12-23(29,13-11-20)19-9-6-14-24-15-19/h3-9,14-15,20-21,27,29H,2,10-13,16-17H2,1H3,(H,25,28). The number of carbonyl (C=O) groups excluding carboxylic acids is 1. The minimum absolute atomic E-state index is 0.0106. The Labute approximate surface area is 172 Å². The van der Waals surface area contributed by atoms with Crippen LogP contribution in [0.4, 0.5) is 4.79 Å². The second-order valence-corrected chi connectivity index (χ2v) is 7.93. The van der Waals surface area contributed by atoms with E-state index in [2.05, 4.69) is 10.3 Å². The minimum atomic E-state index is -0.877. The zero-order chi connectivity index (χ0) is 20.7. The fourth-order valence-corrected chi connectivity index (χ4v) is 3.84. The lowest BCUT2D eigenvalue weighted by Crippen LogP contribution is -2.49. The molecule has 3 rings (SSSR count). The third kappa shape index (κ3) is 5.78. The van der Waals surface area contributed by atoms with Gasteiger partial charge in [-0.05, 0) is 43.7 Å². The largest absolute Gasteiger partial charge is 0.391 e. The predicted molar refractivity (Wildman–Crippen MR) is 112 cm³/mol. The van der Waals surface area contributed by atoms with Gasteiger partial charge in [-0.15, -0.1) is 0 Å². The lowest BCUT2D eigenvalue weighted by atomic mass is 9.78. The fourth-order valence-electron chi connectivity index (χ4n) is 3.84. The molecule has 3 N–H and O–H groups in total. The first-order valence-electron chi connectivity index (χ1n) is 10.4. The van der Waals surface area contributed by atoms with Crippen LogP contribution in [0.2, 0.25) is 0 Å². The lowest BCUT2D eigenvalue weighted by Gasteiger charge is -2.37. The van der Waals surface area contributed by atoms with Crippen molar-refractivity contribution in [1.82, 2.24) is 15.2 Å². The van der Waals surface area contributed by atoms with E-state index in [1.54, 1.807) is 17.3 Å². The van der Waals surface area contributed by atoms with Crippen LogP contribution in [0.15, 0.2) is 54.9 Å². The van der Waals surface area contributed by atoms with Gasteiger partial charge in [0.1, 0.15) is 0 Å². The quantitative estimate of drug-likeness (QED) is 0.670. The fraction of sp³-hybridized carbons (Fsp3) is 0.478. The lowest BCUT2D eigenvalue weighted by molar-refractivity contribution is -0.00819.